The highest BCUT2D eigenvalue weighted by Gasteiger charge is 2.22. The molecular formula is C18H19ClN4O2. The Morgan fingerprint density at radius 2 is 2.08 bits per heavy atom. The van der Waals surface area contributed by atoms with Crippen LogP contribution < -0.4 is 15.5 Å². The standard InChI is InChI=1S/C18H19ClN4O2/c1-11(18(25)22-17-6-3-14(19)10-20-17)21-15-4-5-16-13(9-15)7-8-23(16)12(2)24/h3-6,9-11,21H,7-8H2,1-2H3,(H,20,22,25)/t11-/m0/s1. The molecular weight excluding hydrogens is 340 g/mol. The van der Waals surface area contributed by atoms with Crippen molar-refractivity contribution in [2.45, 2.75) is 26.3 Å². The molecule has 2 N–H and O–H groups in total. The highest BCUT2D eigenvalue weighted by Crippen LogP contribution is 2.30. The number of anilines is 3. The van der Waals surface area contributed by atoms with Gasteiger partial charge in [0, 0.05) is 31.0 Å². The molecule has 0 spiro atoms. The summed E-state index contributed by atoms with van der Waals surface area (Å²) in [7, 11) is 0. The van der Waals surface area contributed by atoms with Gasteiger partial charge in [0.1, 0.15) is 11.9 Å². The molecule has 1 aromatic carbocycles. The molecule has 3 rings (SSSR count). The molecule has 1 aliphatic heterocycles. The van der Waals surface area contributed by atoms with Gasteiger partial charge in [-0.05, 0) is 49.2 Å². The molecule has 2 heterocycles. The highest BCUT2D eigenvalue weighted by molar-refractivity contribution is 6.30. The SMILES string of the molecule is CC(=O)N1CCc2cc(N[C@@H](C)C(=O)Nc3ccc(Cl)cn3)ccc21. The van der Waals surface area contributed by atoms with Crippen molar-refractivity contribution in [1.82, 2.24) is 4.98 Å². The van der Waals surface area contributed by atoms with Crippen molar-refractivity contribution in [3.63, 3.8) is 0 Å². The maximum absolute atomic E-state index is 12.3. The fourth-order valence-electron chi connectivity index (χ4n) is 2.82. The molecule has 2 amide bonds. The molecule has 0 radical (unpaired) electrons. The van der Waals surface area contributed by atoms with Crippen molar-refractivity contribution in [3.8, 4) is 0 Å². The Kier molecular flexibility index (Phi) is 4.90. The summed E-state index contributed by atoms with van der Waals surface area (Å²) in [6.07, 6.45) is 2.30. The van der Waals surface area contributed by atoms with Crippen LogP contribution in [0.25, 0.3) is 0 Å². The van der Waals surface area contributed by atoms with Gasteiger partial charge in [0.2, 0.25) is 11.8 Å². The molecule has 1 atom stereocenters. The Morgan fingerprint density at radius 1 is 1.28 bits per heavy atom. The van der Waals surface area contributed by atoms with Gasteiger partial charge in [-0.2, -0.15) is 0 Å². The number of nitrogens with zero attached hydrogens (tertiary/aromatic N) is 2. The monoisotopic (exact) mass is 358 g/mol. The first-order valence-corrected chi connectivity index (χ1v) is 8.42. The van der Waals surface area contributed by atoms with Crippen LogP contribution in [0.4, 0.5) is 17.2 Å². The Morgan fingerprint density at radius 3 is 2.76 bits per heavy atom. The van der Waals surface area contributed by atoms with Crippen LogP contribution >= 0.6 is 11.6 Å². The molecule has 0 saturated heterocycles. The molecule has 0 aliphatic carbocycles. The van der Waals surface area contributed by atoms with E-state index in [1.807, 2.05) is 18.2 Å². The van der Waals surface area contributed by atoms with Crippen LogP contribution in [0.5, 0.6) is 0 Å². The molecule has 1 aromatic heterocycles. The largest absolute Gasteiger partial charge is 0.374 e. The summed E-state index contributed by atoms with van der Waals surface area (Å²) in [5.74, 6) is 0.303. The van der Waals surface area contributed by atoms with Crippen LogP contribution in [0.3, 0.4) is 0 Å². The third-order valence-electron chi connectivity index (χ3n) is 4.11. The summed E-state index contributed by atoms with van der Waals surface area (Å²) in [6, 6.07) is 8.66. The second-order valence-corrected chi connectivity index (χ2v) is 6.42. The van der Waals surface area contributed by atoms with E-state index >= 15 is 0 Å². The fourth-order valence-corrected chi connectivity index (χ4v) is 2.93. The predicted octanol–water partition coefficient (Wildman–Crippen LogP) is 3.08. The van der Waals surface area contributed by atoms with Gasteiger partial charge in [0.25, 0.3) is 0 Å². The number of halogens is 1. The van der Waals surface area contributed by atoms with Crippen molar-refractivity contribution >= 4 is 40.6 Å². The average molecular weight is 359 g/mol. The number of fused-ring (bicyclic) bond motifs is 1. The van der Waals surface area contributed by atoms with Gasteiger partial charge in [-0.25, -0.2) is 4.98 Å². The van der Waals surface area contributed by atoms with Crippen molar-refractivity contribution in [2.24, 2.45) is 0 Å². The lowest BCUT2D eigenvalue weighted by molar-refractivity contribution is -0.117. The molecule has 1 aliphatic rings. The van der Waals surface area contributed by atoms with E-state index in [9.17, 15) is 9.59 Å². The minimum Gasteiger partial charge on any atom is -0.374 e. The summed E-state index contributed by atoms with van der Waals surface area (Å²) in [5, 5.41) is 6.43. The van der Waals surface area contributed by atoms with Gasteiger partial charge < -0.3 is 15.5 Å². The van der Waals surface area contributed by atoms with Crippen LogP contribution in [0.15, 0.2) is 36.5 Å². The Hall–Kier alpha value is -2.60. The maximum Gasteiger partial charge on any atom is 0.247 e. The predicted molar refractivity (Wildman–Crippen MR) is 99.1 cm³/mol. The van der Waals surface area contributed by atoms with Crippen molar-refractivity contribution in [2.75, 3.05) is 22.1 Å². The van der Waals surface area contributed by atoms with E-state index in [0.717, 1.165) is 23.4 Å². The molecule has 0 fully saturated rings. The van der Waals surface area contributed by atoms with Crippen molar-refractivity contribution in [3.05, 3.63) is 47.1 Å². The van der Waals surface area contributed by atoms with Gasteiger partial charge in [-0.3, -0.25) is 9.59 Å². The van der Waals surface area contributed by atoms with Gasteiger partial charge in [-0.1, -0.05) is 11.6 Å². The van der Waals surface area contributed by atoms with E-state index in [1.54, 1.807) is 30.9 Å². The van der Waals surface area contributed by atoms with Crippen LogP contribution in [0.1, 0.15) is 19.4 Å². The fraction of sp³-hybridized carbons (Fsp3) is 0.278. The summed E-state index contributed by atoms with van der Waals surface area (Å²) in [6.45, 7) is 4.05. The second kappa shape index (κ2) is 7.11. The zero-order valence-corrected chi connectivity index (χ0v) is 14.8. The topological polar surface area (TPSA) is 74.3 Å². The molecule has 130 valence electrons. The van der Waals surface area contributed by atoms with Crippen LogP contribution in [-0.4, -0.2) is 29.4 Å². The number of aromatic nitrogens is 1. The minimum atomic E-state index is -0.444. The number of rotatable bonds is 4. The lowest BCUT2D eigenvalue weighted by Gasteiger charge is -2.17. The van der Waals surface area contributed by atoms with Crippen molar-refractivity contribution < 1.29 is 9.59 Å². The van der Waals surface area contributed by atoms with E-state index < -0.39 is 6.04 Å². The number of hydrogen-bond donors (Lipinski definition) is 2. The molecule has 0 unspecified atom stereocenters. The third-order valence-corrected chi connectivity index (χ3v) is 4.33. The number of nitrogens with one attached hydrogen (secondary N) is 2. The maximum atomic E-state index is 12.3. The molecule has 2 aromatic rings. The zero-order valence-electron chi connectivity index (χ0n) is 14.0. The van der Waals surface area contributed by atoms with Gasteiger partial charge in [0.05, 0.1) is 5.02 Å². The smallest absolute Gasteiger partial charge is 0.247 e. The summed E-state index contributed by atoms with van der Waals surface area (Å²) in [5.41, 5.74) is 2.89. The van der Waals surface area contributed by atoms with Gasteiger partial charge in [0.15, 0.2) is 0 Å². The van der Waals surface area contributed by atoms with Gasteiger partial charge >= 0.3 is 0 Å². The minimum absolute atomic E-state index is 0.0441. The number of hydrogen-bond acceptors (Lipinski definition) is 4. The molecule has 25 heavy (non-hydrogen) atoms. The number of amides is 2. The zero-order chi connectivity index (χ0) is 18.0. The second-order valence-electron chi connectivity index (χ2n) is 5.98. The van der Waals surface area contributed by atoms with Gasteiger partial charge in [-0.15, -0.1) is 0 Å². The lowest BCUT2D eigenvalue weighted by atomic mass is 10.1. The Bertz CT molecular complexity index is 807. The molecule has 7 heteroatoms. The average Bonchev–Trinajstić information content (AvgIpc) is 3.00. The number of carbonyl (C=O) groups excluding carboxylic acids is 2. The summed E-state index contributed by atoms with van der Waals surface area (Å²) in [4.78, 5) is 29.7. The number of benzene rings is 1. The molecule has 0 bridgehead atoms. The van der Waals surface area contributed by atoms with Crippen LogP contribution in [0, 0.1) is 0 Å². The van der Waals surface area contributed by atoms with E-state index in [0.29, 0.717) is 17.4 Å². The van der Waals surface area contributed by atoms with E-state index in [2.05, 4.69) is 15.6 Å². The molecule has 0 saturated carbocycles. The Balaban J connectivity index is 1.65. The van der Waals surface area contributed by atoms with E-state index in [1.165, 1.54) is 6.20 Å². The summed E-state index contributed by atoms with van der Waals surface area (Å²) >= 11 is 5.78. The van der Waals surface area contributed by atoms with E-state index in [4.69, 9.17) is 11.6 Å². The lowest BCUT2D eigenvalue weighted by Crippen LogP contribution is -2.32. The molecule has 6 nitrogen and oxygen atoms in total. The normalized spacial score (nSPS) is 14.0. The Labute approximate surface area is 151 Å². The van der Waals surface area contributed by atoms with Crippen LogP contribution in [-0.2, 0) is 16.0 Å². The summed E-state index contributed by atoms with van der Waals surface area (Å²) < 4.78 is 0. The van der Waals surface area contributed by atoms with Crippen LogP contribution in [0.2, 0.25) is 5.02 Å². The number of carbonyl (C=O) groups is 2. The quantitative estimate of drug-likeness (QED) is 0.880. The third kappa shape index (κ3) is 3.91. The number of pyridine rings is 1. The first-order valence-electron chi connectivity index (χ1n) is 8.04. The first kappa shape index (κ1) is 17.2. The van der Waals surface area contributed by atoms with E-state index in [-0.39, 0.29) is 11.8 Å². The van der Waals surface area contributed by atoms with Crippen molar-refractivity contribution in [1.29, 1.82) is 0 Å². The first-order chi connectivity index (χ1) is 11.9. The highest BCUT2D eigenvalue weighted by atomic mass is 35.5.